The van der Waals surface area contributed by atoms with Gasteiger partial charge >= 0.3 is 6.18 Å². The quantitative estimate of drug-likeness (QED) is 0.505. The topological polar surface area (TPSA) is 0 Å². The van der Waals surface area contributed by atoms with Gasteiger partial charge in [-0.05, 0) is 6.42 Å². The molecule has 1 unspecified atom stereocenters. The summed E-state index contributed by atoms with van der Waals surface area (Å²) >= 11 is 5.43. The van der Waals surface area contributed by atoms with Crippen molar-refractivity contribution in [3.05, 3.63) is 23.8 Å². The van der Waals surface area contributed by atoms with E-state index in [-0.39, 0.29) is 6.42 Å². The zero-order valence-corrected chi connectivity index (χ0v) is 6.28. The normalized spacial score (nSPS) is 25.1. The van der Waals surface area contributed by atoms with E-state index in [2.05, 4.69) is 0 Å². The van der Waals surface area contributed by atoms with Crippen molar-refractivity contribution < 1.29 is 13.2 Å². The fraction of sp³-hybridized carbons (Fsp3) is 0.429. The molecular formula is C7H6ClF3. The molecule has 62 valence electrons. The standard InChI is InChI=1S/C7H6ClF3/c8-6-4-2-1-3-5(6)7(9,10)11/h1-3,6H,4H2. The minimum Gasteiger partial charge on any atom is -0.166 e. The summed E-state index contributed by atoms with van der Waals surface area (Å²) in [5.41, 5.74) is -0.651. The highest BCUT2D eigenvalue weighted by atomic mass is 35.5. The van der Waals surface area contributed by atoms with E-state index in [1.165, 1.54) is 6.08 Å². The molecule has 1 rings (SSSR count). The van der Waals surface area contributed by atoms with Gasteiger partial charge in [0.2, 0.25) is 0 Å². The smallest absolute Gasteiger partial charge is 0.166 e. The first-order valence-electron chi connectivity index (χ1n) is 3.10. The Labute approximate surface area is 67.3 Å². The van der Waals surface area contributed by atoms with E-state index < -0.39 is 17.1 Å². The largest absolute Gasteiger partial charge is 0.414 e. The second-order valence-electron chi connectivity index (χ2n) is 2.25. The van der Waals surface area contributed by atoms with Crippen LogP contribution in [0.4, 0.5) is 13.2 Å². The van der Waals surface area contributed by atoms with Crippen LogP contribution in [0.25, 0.3) is 0 Å². The number of hydrogen-bond donors (Lipinski definition) is 0. The maximum atomic E-state index is 12.0. The first-order chi connectivity index (χ1) is 5.02. The summed E-state index contributed by atoms with van der Waals surface area (Å²) in [7, 11) is 0. The summed E-state index contributed by atoms with van der Waals surface area (Å²) in [5, 5.41) is -0.917. The number of hydrogen-bond acceptors (Lipinski definition) is 0. The van der Waals surface area contributed by atoms with Crippen LogP contribution >= 0.6 is 11.6 Å². The third kappa shape index (κ3) is 1.99. The number of halogens is 4. The van der Waals surface area contributed by atoms with E-state index >= 15 is 0 Å². The lowest BCUT2D eigenvalue weighted by Gasteiger charge is -2.17. The molecule has 0 aromatic rings. The summed E-state index contributed by atoms with van der Waals surface area (Å²) in [4.78, 5) is 0. The third-order valence-electron chi connectivity index (χ3n) is 1.42. The Balaban J connectivity index is 2.84. The van der Waals surface area contributed by atoms with E-state index in [0.29, 0.717) is 0 Å². The van der Waals surface area contributed by atoms with Gasteiger partial charge in [0.05, 0.1) is 11.0 Å². The molecule has 0 aliphatic heterocycles. The second-order valence-corrected chi connectivity index (χ2v) is 2.78. The first kappa shape index (κ1) is 8.65. The molecule has 0 spiro atoms. The molecule has 0 saturated carbocycles. The summed E-state index contributed by atoms with van der Waals surface area (Å²) in [6, 6.07) is 0. The van der Waals surface area contributed by atoms with Crippen molar-refractivity contribution in [2.75, 3.05) is 0 Å². The predicted octanol–water partition coefficient (Wildman–Crippen LogP) is 3.04. The molecular weight excluding hydrogens is 177 g/mol. The summed E-state index contributed by atoms with van der Waals surface area (Å²) < 4.78 is 36.0. The average molecular weight is 183 g/mol. The third-order valence-corrected chi connectivity index (χ3v) is 1.83. The number of alkyl halides is 4. The van der Waals surface area contributed by atoms with Gasteiger partial charge in [0.15, 0.2) is 0 Å². The highest BCUT2D eigenvalue weighted by Crippen LogP contribution is 2.33. The summed E-state index contributed by atoms with van der Waals surface area (Å²) in [6.07, 6.45) is -0.0140. The van der Waals surface area contributed by atoms with E-state index in [1.807, 2.05) is 0 Å². The van der Waals surface area contributed by atoms with Gasteiger partial charge in [0, 0.05) is 0 Å². The molecule has 0 amide bonds. The highest BCUT2D eigenvalue weighted by Gasteiger charge is 2.37. The van der Waals surface area contributed by atoms with E-state index in [1.54, 1.807) is 6.08 Å². The Hall–Kier alpha value is -0.440. The van der Waals surface area contributed by atoms with Crippen molar-refractivity contribution in [2.45, 2.75) is 18.0 Å². The Bertz CT molecular complexity index is 202. The summed E-state index contributed by atoms with van der Waals surface area (Å²) in [5.74, 6) is 0. The molecule has 0 fully saturated rings. The van der Waals surface area contributed by atoms with Crippen molar-refractivity contribution in [1.82, 2.24) is 0 Å². The lowest BCUT2D eigenvalue weighted by molar-refractivity contribution is -0.0935. The van der Waals surface area contributed by atoms with Crippen LogP contribution in [0.1, 0.15) is 6.42 Å². The minimum absolute atomic E-state index is 0.257. The molecule has 1 aliphatic rings. The van der Waals surface area contributed by atoms with Gasteiger partial charge in [-0.25, -0.2) is 0 Å². The van der Waals surface area contributed by atoms with Crippen molar-refractivity contribution in [2.24, 2.45) is 0 Å². The first-order valence-corrected chi connectivity index (χ1v) is 3.53. The van der Waals surface area contributed by atoms with Crippen LogP contribution in [0.5, 0.6) is 0 Å². The van der Waals surface area contributed by atoms with Crippen LogP contribution < -0.4 is 0 Å². The van der Waals surface area contributed by atoms with Crippen LogP contribution in [0.15, 0.2) is 23.8 Å². The summed E-state index contributed by atoms with van der Waals surface area (Å²) in [6.45, 7) is 0. The van der Waals surface area contributed by atoms with Crippen LogP contribution in [0, 0.1) is 0 Å². The predicted molar refractivity (Wildman–Crippen MR) is 37.5 cm³/mol. The van der Waals surface area contributed by atoms with Crippen molar-refractivity contribution in [3.63, 3.8) is 0 Å². The molecule has 0 saturated heterocycles. The zero-order valence-electron chi connectivity index (χ0n) is 5.53. The van der Waals surface area contributed by atoms with Gasteiger partial charge in [0.25, 0.3) is 0 Å². The highest BCUT2D eigenvalue weighted by molar-refractivity contribution is 6.22. The van der Waals surface area contributed by atoms with E-state index in [4.69, 9.17) is 11.6 Å². The average Bonchev–Trinajstić information content (AvgIpc) is 1.86. The lowest BCUT2D eigenvalue weighted by Crippen LogP contribution is -2.21. The molecule has 0 nitrogen and oxygen atoms in total. The number of allylic oxidation sites excluding steroid dienone is 4. The lowest BCUT2D eigenvalue weighted by atomic mass is 10.0. The minimum atomic E-state index is -4.28. The van der Waals surface area contributed by atoms with Gasteiger partial charge in [0.1, 0.15) is 0 Å². The van der Waals surface area contributed by atoms with Crippen LogP contribution in [0.2, 0.25) is 0 Å². The second kappa shape index (κ2) is 2.89. The molecule has 0 N–H and O–H groups in total. The van der Waals surface area contributed by atoms with Gasteiger partial charge in [-0.1, -0.05) is 18.2 Å². The molecule has 0 radical (unpaired) electrons. The van der Waals surface area contributed by atoms with E-state index in [0.717, 1.165) is 6.08 Å². The maximum Gasteiger partial charge on any atom is 0.414 e. The molecule has 1 atom stereocenters. The Morgan fingerprint density at radius 2 is 2.09 bits per heavy atom. The van der Waals surface area contributed by atoms with Gasteiger partial charge in [-0.2, -0.15) is 13.2 Å². The molecule has 11 heavy (non-hydrogen) atoms. The van der Waals surface area contributed by atoms with Crippen molar-refractivity contribution >= 4 is 11.6 Å². The van der Waals surface area contributed by atoms with Crippen molar-refractivity contribution in [1.29, 1.82) is 0 Å². The van der Waals surface area contributed by atoms with Gasteiger partial charge in [-0.15, -0.1) is 11.6 Å². The van der Waals surface area contributed by atoms with Crippen LogP contribution in [-0.4, -0.2) is 11.6 Å². The SMILES string of the molecule is FC(F)(F)C1=CC=CCC1Cl. The van der Waals surface area contributed by atoms with Gasteiger partial charge < -0.3 is 0 Å². The molecule has 0 aromatic heterocycles. The Kier molecular flexibility index (Phi) is 2.28. The maximum absolute atomic E-state index is 12.0. The Morgan fingerprint density at radius 3 is 2.45 bits per heavy atom. The van der Waals surface area contributed by atoms with Gasteiger partial charge in [-0.3, -0.25) is 0 Å². The number of rotatable bonds is 0. The van der Waals surface area contributed by atoms with E-state index in [9.17, 15) is 13.2 Å². The van der Waals surface area contributed by atoms with Crippen LogP contribution in [-0.2, 0) is 0 Å². The molecule has 1 aliphatic carbocycles. The monoisotopic (exact) mass is 182 g/mol. The zero-order chi connectivity index (χ0) is 8.48. The van der Waals surface area contributed by atoms with Crippen LogP contribution in [0.3, 0.4) is 0 Å². The fourth-order valence-electron chi connectivity index (χ4n) is 0.873. The molecule has 0 bridgehead atoms. The molecule has 0 aromatic carbocycles. The Morgan fingerprint density at radius 1 is 1.45 bits per heavy atom. The molecule has 4 heteroatoms. The van der Waals surface area contributed by atoms with Crippen molar-refractivity contribution in [3.8, 4) is 0 Å². The fourth-order valence-corrected chi connectivity index (χ4v) is 1.17. The molecule has 0 heterocycles.